The third kappa shape index (κ3) is 13.5. The maximum absolute atomic E-state index is 12.6. The number of para-hydroxylation sites is 1. The van der Waals surface area contributed by atoms with E-state index in [0.717, 1.165) is 30.8 Å². The summed E-state index contributed by atoms with van der Waals surface area (Å²) in [5.41, 5.74) is -0.170. The van der Waals surface area contributed by atoms with Crippen molar-refractivity contribution >= 4 is 29.5 Å². The molecular weight excluding hydrogens is 498 g/mol. The van der Waals surface area contributed by atoms with Gasteiger partial charge in [0.1, 0.15) is 5.75 Å². The van der Waals surface area contributed by atoms with Gasteiger partial charge in [-0.3, -0.25) is 14.4 Å². The van der Waals surface area contributed by atoms with Crippen LogP contribution < -0.4 is 20.7 Å². The molecule has 0 radical (unpaired) electrons. The summed E-state index contributed by atoms with van der Waals surface area (Å²) in [6.07, 6.45) is 12.0. The third-order valence-electron chi connectivity index (χ3n) is 7.42. The minimum Gasteiger partial charge on any atom is -0.494 e. The minimum atomic E-state index is -0.170. The molecule has 0 saturated heterocycles. The van der Waals surface area contributed by atoms with E-state index in [9.17, 15) is 14.4 Å². The van der Waals surface area contributed by atoms with E-state index < -0.39 is 0 Å². The highest BCUT2D eigenvalue weighted by Gasteiger charge is 2.33. The largest absolute Gasteiger partial charge is 0.494 e. The average molecular weight is 548 g/mol. The molecule has 214 valence electrons. The summed E-state index contributed by atoms with van der Waals surface area (Å²) in [5, 5.41) is 9.06. The normalized spacial score (nSPS) is 15.9. The van der Waals surface area contributed by atoms with Crippen LogP contribution in [-0.2, 0) is 14.4 Å². The van der Waals surface area contributed by atoms with Crippen molar-refractivity contribution in [3.63, 3.8) is 0 Å². The molecule has 2 rings (SSSR count). The van der Waals surface area contributed by atoms with Crippen LogP contribution in [0.3, 0.4) is 0 Å². The maximum atomic E-state index is 12.6. The first-order valence-corrected chi connectivity index (χ1v) is 15.7. The highest BCUT2D eigenvalue weighted by molar-refractivity contribution is 7.99. The molecule has 0 aliphatic heterocycles. The van der Waals surface area contributed by atoms with Crippen LogP contribution in [0.15, 0.2) is 30.3 Å². The van der Waals surface area contributed by atoms with E-state index in [1.807, 2.05) is 30.3 Å². The molecule has 1 saturated carbocycles. The van der Waals surface area contributed by atoms with E-state index in [2.05, 4.69) is 29.8 Å². The van der Waals surface area contributed by atoms with Gasteiger partial charge in [0, 0.05) is 31.5 Å². The molecule has 1 aliphatic rings. The Balaban J connectivity index is 1.47. The Bertz CT molecular complexity index is 815. The lowest BCUT2D eigenvalue weighted by Gasteiger charge is -2.39. The molecule has 3 amide bonds. The van der Waals surface area contributed by atoms with E-state index in [4.69, 9.17) is 4.74 Å². The van der Waals surface area contributed by atoms with Crippen LogP contribution >= 0.6 is 11.8 Å². The molecule has 3 N–H and O–H groups in total. The molecule has 1 aliphatic carbocycles. The molecular formula is C30H49N3O4S. The number of carbonyl (C=O) groups excluding carboxylic acids is 3. The van der Waals surface area contributed by atoms with Gasteiger partial charge in [0.05, 0.1) is 12.4 Å². The first kappa shape index (κ1) is 32.0. The van der Waals surface area contributed by atoms with Gasteiger partial charge < -0.3 is 20.7 Å². The van der Waals surface area contributed by atoms with E-state index in [0.29, 0.717) is 44.2 Å². The van der Waals surface area contributed by atoms with Gasteiger partial charge >= 0.3 is 0 Å². The van der Waals surface area contributed by atoms with Gasteiger partial charge in [0.2, 0.25) is 17.7 Å². The van der Waals surface area contributed by atoms with Gasteiger partial charge in [-0.05, 0) is 62.8 Å². The highest BCUT2D eigenvalue weighted by Crippen LogP contribution is 2.33. The van der Waals surface area contributed by atoms with Crippen molar-refractivity contribution in [2.75, 3.05) is 31.2 Å². The fraction of sp³-hybridized carbons (Fsp3) is 0.700. The molecule has 1 atom stereocenters. The second-order valence-corrected chi connectivity index (χ2v) is 11.6. The zero-order valence-electron chi connectivity index (χ0n) is 23.5. The summed E-state index contributed by atoms with van der Waals surface area (Å²) >= 11 is 1.52. The van der Waals surface area contributed by atoms with Gasteiger partial charge in [-0.2, -0.15) is 11.8 Å². The molecule has 7 nitrogen and oxygen atoms in total. The summed E-state index contributed by atoms with van der Waals surface area (Å²) in [5.74, 6) is 2.43. The molecule has 1 unspecified atom stereocenters. The average Bonchev–Trinajstić information content (AvgIpc) is 2.88. The number of hydrogen-bond acceptors (Lipinski definition) is 5. The Hall–Kier alpha value is -2.22. The Morgan fingerprint density at radius 1 is 0.895 bits per heavy atom. The van der Waals surface area contributed by atoms with Crippen LogP contribution in [0.1, 0.15) is 90.9 Å². The monoisotopic (exact) mass is 547 g/mol. The van der Waals surface area contributed by atoms with Crippen molar-refractivity contribution in [2.24, 2.45) is 5.92 Å². The molecule has 1 fully saturated rings. The summed E-state index contributed by atoms with van der Waals surface area (Å²) in [4.78, 5) is 36.7. The number of carbonyl (C=O) groups is 3. The van der Waals surface area contributed by atoms with Crippen LogP contribution in [0.4, 0.5) is 0 Å². The second-order valence-electron chi connectivity index (χ2n) is 10.5. The summed E-state index contributed by atoms with van der Waals surface area (Å²) in [6, 6.07) is 9.63. The van der Waals surface area contributed by atoms with Gasteiger partial charge in [0.15, 0.2) is 0 Å². The standard InChI is InChI=1S/C30H49N3O4S/c1-3-30(2,25-14-8-5-4-6-9-15-25)33-28(35)19-21-32-29(36)24-38-23-12-18-27(34)31-20-13-22-37-26-16-10-7-11-17-26/h7,10-11,16-17,25H,3-6,8-9,12-15,18-24H2,1-2H3,(H,31,34)(H,32,36)(H,33,35). The minimum absolute atomic E-state index is 0.0157. The van der Waals surface area contributed by atoms with Crippen molar-refractivity contribution in [2.45, 2.75) is 96.4 Å². The van der Waals surface area contributed by atoms with Gasteiger partial charge in [-0.15, -0.1) is 0 Å². The van der Waals surface area contributed by atoms with E-state index in [1.165, 1.54) is 56.7 Å². The quantitative estimate of drug-likeness (QED) is 0.232. The Morgan fingerprint density at radius 2 is 1.58 bits per heavy atom. The number of rotatable bonds is 17. The van der Waals surface area contributed by atoms with E-state index in [1.54, 1.807) is 0 Å². The van der Waals surface area contributed by atoms with Crippen LogP contribution in [0.2, 0.25) is 0 Å². The van der Waals surface area contributed by atoms with Crippen LogP contribution in [0.25, 0.3) is 0 Å². The lowest BCUT2D eigenvalue weighted by atomic mass is 9.75. The number of amides is 3. The van der Waals surface area contributed by atoms with Crippen molar-refractivity contribution in [3.8, 4) is 5.75 Å². The third-order valence-corrected chi connectivity index (χ3v) is 8.46. The predicted octanol–water partition coefficient (Wildman–Crippen LogP) is 5.24. The Kier molecular flexibility index (Phi) is 15.9. The van der Waals surface area contributed by atoms with Crippen molar-refractivity contribution in [1.82, 2.24) is 16.0 Å². The maximum Gasteiger partial charge on any atom is 0.230 e. The Morgan fingerprint density at radius 3 is 2.29 bits per heavy atom. The fourth-order valence-electron chi connectivity index (χ4n) is 4.91. The summed E-state index contributed by atoms with van der Waals surface area (Å²) in [7, 11) is 0. The molecule has 0 spiro atoms. The Labute approximate surface area is 234 Å². The summed E-state index contributed by atoms with van der Waals surface area (Å²) in [6.45, 7) is 5.85. The zero-order valence-corrected chi connectivity index (χ0v) is 24.3. The number of ether oxygens (including phenoxy) is 1. The van der Waals surface area contributed by atoms with Gasteiger partial charge in [-0.1, -0.05) is 57.2 Å². The molecule has 38 heavy (non-hydrogen) atoms. The first-order valence-electron chi connectivity index (χ1n) is 14.5. The predicted molar refractivity (Wildman–Crippen MR) is 156 cm³/mol. The van der Waals surface area contributed by atoms with Crippen LogP contribution in [0.5, 0.6) is 5.75 Å². The van der Waals surface area contributed by atoms with Gasteiger partial charge in [0.25, 0.3) is 0 Å². The second kappa shape index (κ2) is 18.9. The summed E-state index contributed by atoms with van der Waals surface area (Å²) < 4.78 is 5.61. The number of benzene rings is 1. The SMILES string of the molecule is CCC(C)(NC(=O)CCNC(=O)CSCCCC(=O)NCCCOc1ccccc1)C1CCCCCCC1. The van der Waals surface area contributed by atoms with Gasteiger partial charge in [-0.25, -0.2) is 0 Å². The van der Waals surface area contributed by atoms with E-state index >= 15 is 0 Å². The van der Waals surface area contributed by atoms with Crippen LogP contribution in [0, 0.1) is 5.92 Å². The zero-order chi connectivity index (χ0) is 27.5. The molecule has 1 aromatic carbocycles. The lowest BCUT2D eigenvalue weighted by molar-refractivity contribution is -0.124. The first-order chi connectivity index (χ1) is 18.4. The number of thioether (sulfide) groups is 1. The molecule has 8 heteroatoms. The highest BCUT2D eigenvalue weighted by atomic mass is 32.2. The fourth-order valence-corrected chi connectivity index (χ4v) is 5.69. The molecule has 0 bridgehead atoms. The molecule has 0 aromatic heterocycles. The smallest absolute Gasteiger partial charge is 0.230 e. The topological polar surface area (TPSA) is 96.5 Å². The van der Waals surface area contributed by atoms with Crippen molar-refractivity contribution in [3.05, 3.63) is 30.3 Å². The van der Waals surface area contributed by atoms with E-state index in [-0.39, 0.29) is 23.3 Å². The van der Waals surface area contributed by atoms with Crippen molar-refractivity contribution in [1.29, 1.82) is 0 Å². The van der Waals surface area contributed by atoms with Crippen LogP contribution in [-0.4, -0.2) is 54.5 Å². The number of nitrogens with one attached hydrogen (secondary N) is 3. The van der Waals surface area contributed by atoms with Crippen molar-refractivity contribution < 1.29 is 19.1 Å². The number of hydrogen-bond donors (Lipinski definition) is 3. The molecule has 0 heterocycles. The molecule has 1 aromatic rings. The lowest BCUT2D eigenvalue weighted by Crippen LogP contribution is -2.51.